The van der Waals surface area contributed by atoms with Gasteiger partial charge in [0.15, 0.2) is 0 Å². The fraction of sp³-hybridized carbons (Fsp3) is 0. The molecule has 0 atom stereocenters. The van der Waals surface area contributed by atoms with Crippen molar-refractivity contribution in [3.63, 3.8) is 0 Å². The summed E-state index contributed by atoms with van der Waals surface area (Å²) in [6.45, 7) is 0. The average Bonchev–Trinajstić information content (AvgIpc) is 2.83. The number of para-hydroxylation sites is 1. The number of halogens is 1. The SMILES string of the molecule is O=C(Nc1ccccc1)c1cc2cc(F)ccc2s1. The van der Waals surface area contributed by atoms with E-state index in [0.717, 1.165) is 15.8 Å². The monoisotopic (exact) mass is 271 g/mol. The minimum Gasteiger partial charge on any atom is -0.321 e. The van der Waals surface area contributed by atoms with Gasteiger partial charge in [0.25, 0.3) is 5.91 Å². The van der Waals surface area contributed by atoms with Gasteiger partial charge in [0.05, 0.1) is 4.88 Å². The standard InChI is InChI=1S/C15H10FNOS/c16-11-6-7-13-10(8-11)9-14(19-13)15(18)17-12-4-2-1-3-5-12/h1-9H,(H,17,18). The van der Waals surface area contributed by atoms with Crippen molar-refractivity contribution < 1.29 is 9.18 Å². The highest BCUT2D eigenvalue weighted by Gasteiger charge is 2.10. The van der Waals surface area contributed by atoms with Gasteiger partial charge in [0, 0.05) is 10.4 Å². The average molecular weight is 271 g/mol. The second kappa shape index (κ2) is 4.82. The third-order valence-corrected chi connectivity index (χ3v) is 3.85. The molecule has 19 heavy (non-hydrogen) atoms. The number of benzene rings is 2. The number of hydrogen-bond donors (Lipinski definition) is 1. The van der Waals surface area contributed by atoms with Crippen LogP contribution in [0.4, 0.5) is 10.1 Å². The Kier molecular flexibility index (Phi) is 3.01. The van der Waals surface area contributed by atoms with Gasteiger partial charge in [-0.1, -0.05) is 18.2 Å². The molecule has 3 aromatic rings. The number of thiophene rings is 1. The van der Waals surface area contributed by atoms with Crippen LogP contribution in [-0.4, -0.2) is 5.91 Å². The van der Waals surface area contributed by atoms with Crippen LogP contribution in [0.5, 0.6) is 0 Å². The number of carbonyl (C=O) groups excluding carboxylic acids is 1. The van der Waals surface area contributed by atoms with Gasteiger partial charge in [-0.25, -0.2) is 4.39 Å². The van der Waals surface area contributed by atoms with E-state index in [1.807, 2.05) is 30.3 Å². The topological polar surface area (TPSA) is 29.1 Å². The van der Waals surface area contributed by atoms with E-state index < -0.39 is 0 Å². The molecule has 1 aromatic heterocycles. The summed E-state index contributed by atoms with van der Waals surface area (Å²) in [6, 6.07) is 15.5. The first-order valence-corrected chi connectivity index (χ1v) is 6.59. The number of rotatable bonds is 2. The molecule has 2 nitrogen and oxygen atoms in total. The lowest BCUT2D eigenvalue weighted by atomic mass is 10.2. The van der Waals surface area contributed by atoms with E-state index in [4.69, 9.17) is 0 Å². The summed E-state index contributed by atoms with van der Waals surface area (Å²) in [5.74, 6) is -0.465. The summed E-state index contributed by atoms with van der Waals surface area (Å²) in [6.07, 6.45) is 0. The van der Waals surface area contributed by atoms with Crippen LogP contribution in [0.15, 0.2) is 54.6 Å². The van der Waals surface area contributed by atoms with Crippen molar-refractivity contribution >= 4 is 33.0 Å². The minimum atomic E-state index is -0.291. The molecule has 0 saturated heterocycles. The van der Waals surface area contributed by atoms with Crippen LogP contribution in [0.25, 0.3) is 10.1 Å². The Labute approximate surface area is 113 Å². The van der Waals surface area contributed by atoms with Crippen LogP contribution in [0.1, 0.15) is 9.67 Å². The molecule has 0 spiro atoms. The molecule has 4 heteroatoms. The van der Waals surface area contributed by atoms with E-state index in [-0.39, 0.29) is 11.7 Å². The maximum absolute atomic E-state index is 13.1. The number of nitrogens with one attached hydrogen (secondary N) is 1. The number of hydrogen-bond acceptors (Lipinski definition) is 2. The zero-order valence-electron chi connectivity index (χ0n) is 9.89. The third-order valence-electron chi connectivity index (χ3n) is 2.73. The van der Waals surface area contributed by atoms with Crippen molar-refractivity contribution in [1.29, 1.82) is 0 Å². The highest BCUT2D eigenvalue weighted by molar-refractivity contribution is 7.20. The van der Waals surface area contributed by atoms with Crippen LogP contribution < -0.4 is 5.32 Å². The Morgan fingerprint density at radius 2 is 1.84 bits per heavy atom. The number of carbonyl (C=O) groups is 1. The zero-order valence-corrected chi connectivity index (χ0v) is 10.7. The zero-order chi connectivity index (χ0) is 13.2. The molecule has 0 aliphatic carbocycles. The van der Waals surface area contributed by atoms with Crippen molar-refractivity contribution in [3.8, 4) is 0 Å². The third kappa shape index (κ3) is 2.48. The Balaban J connectivity index is 1.89. The normalized spacial score (nSPS) is 10.6. The number of amides is 1. The molecule has 0 radical (unpaired) electrons. The van der Waals surface area contributed by atoms with E-state index in [2.05, 4.69) is 5.32 Å². The van der Waals surface area contributed by atoms with Crippen LogP contribution in [0.2, 0.25) is 0 Å². The molecular weight excluding hydrogens is 261 g/mol. The second-order valence-electron chi connectivity index (χ2n) is 4.11. The molecule has 0 fully saturated rings. The van der Waals surface area contributed by atoms with Gasteiger partial charge in [-0.3, -0.25) is 4.79 Å². The van der Waals surface area contributed by atoms with Crippen LogP contribution in [-0.2, 0) is 0 Å². The summed E-state index contributed by atoms with van der Waals surface area (Å²) >= 11 is 1.35. The molecule has 0 saturated carbocycles. The Bertz CT molecular complexity index is 736. The smallest absolute Gasteiger partial charge is 0.265 e. The molecule has 1 N–H and O–H groups in total. The Morgan fingerprint density at radius 1 is 1.05 bits per heavy atom. The van der Waals surface area contributed by atoms with Gasteiger partial charge in [0.1, 0.15) is 5.82 Å². The molecule has 1 amide bonds. The van der Waals surface area contributed by atoms with Gasteiger partial charge in [0.2, 0.25) is 0 Å². The fourth-order valence-electron chi connectivity index (χ4n) is 1.84. The summed E-state index contributed by atoms with van der Waals surface area (Å²) in [7, 11) is 0. The maximum atomic E-state index is 13.1. The van der Waals surface area contributed by atoms with Gasteiger partial charge >= 0.3 is 0 Å². The highest BCUT2D eigenvalue weighted by atomic mass is 32.1. The van der Waals surface area contributed by atoms with E-state index in [1.165, 1.54) is 23.5 Å². The molecular formula is C15H10FNOS. The molecule has 0 aliphatic rings. The lowest BCUT2D eigenvalue weighted by molar-refractivity contribution is 0.103. The summed E-state index contributed by atoms with van der Waals surface area (Å²) in [4.78, 5) is 12.6. The second-order valence-corrected chi connectivity index (χ2v) is 5.20. The summed E-state index contributed by atoms with van der Waals surface area (Å²) in [5.41, 5.74) is 0.746. The molecule has 3 rings (SSSR count). The van der Waals surface area contributed by atoms with Gasteiger partial charge in [-0.2, -0.15) is 0 Å². The first-order valence-electron chi connectivity index (χ1n) is 5.78. The molecule has 0 bridgehead atoms. The molecule has 94 valence electrons. The maximum Gasteiger partial charge on any atom is 0.265 e. The van der Waals surface area contributed by atoms with Crippen molar-refractivity contribution in [1.82, 2.24) is 0 Å². The molecule has 0 aliphatic heterocycles. The van der Waals surface area contributed by atoms with E-state index in [0.29, 0.717) is 4.88 Å². The molecule has 1 heterocycles. The van der Waals surface area contributed by atoms with Crippen molar-refractivity contribution in [2.24, 2.45) is 0 Å². The summed E-state index contributed by atoms with van der Waals surface area (Å²) in [5, 5.41) is 3.56. The highest BCUT2D eigenvalue weighted by Crippen LogP contribution is 2.26. The Hall–Kier alpha value is -2.20. The predicted molar refractivity (Wildman–Crippen MR) is 76.2 cm³/mol. The Morgan fingerprint density at radius 3 is 2.63 bits per heavy atom. The lowest BCUT2D eigenvalue weighted by Gasteiger charge is -2.01. The van der Waals surface area contributed by atoms with Gasteiger partial charge < -0.3 is 5.32 Å². The van der Waals surface area contributed by atoms with Crippen molar-refractivity contribution in [2.45, 2.75) is 0 Å². The predicted octanol–water partition coefficient (Wildman–Crippen LogP) is 4.29. The van der Waals surface area contributed by atoms with E-state index >= 15 is 0 Å². The van der Waals surface area contributed by atoms with Gasteiger partial charge in [-0.15, -0.1) is 11.3 Å². The van der Waals surface area contributed by atoms with E-state index in [1.54, 1.807) is 12.1 Å². The quantitative estimate of drug-likeness (QED) is 0.740. The molecule has 2 aromatic carbocycles. The first kappa shape index (κ1) is 11.9. The largest absolute Gasteiger partial charge is 0.321 e. The first-order chi connectivity index (χ1) is 9.22. The number of fused-ring (bicyclic) bond motifs is 1. The van der Waals surface area contributed by atoms with Crippen molar-refractivity contribution in [2.75, 3.05) is 5.32 Å². The van der Waals surface area contributed by atoms with Gasteiger partial charge in [-0.05, 0) is 41.8 Å². The van der Waals surface area contributed by atoms with E-state index in [9.17, 15) is 9.18 Å². The van der Waals surface area contributed by atoms with Crippen molar-refractivity contribution in [3.05, 3.63) is 65.3 Å². The summed E-state index contributed by atoms with van der Waals surface area (Å²) < 4.78 is 14.0. The van der Waals surface area contributed by atoms with Crippen LogP contribution in [0.3, 0.4) is 0 Å². The fourth-order valence-corrected chi connectivity index (χ4v) is 2.78. The lowest BCUT2D eigenvalue weighted by Crippen LogP contribution is -2.09. The molecule has 0 unspecified atom stereocenters. The van der Waals surface area contributed by atoms with Crippen LogP contribution in [0, 0.1) is 5.82 Å². The minimum absolute atomic E-state index is 0.173. The number of anilines is 1. The van der Waals surface area contributed by atoms with Crippen LogP contribution >= 0.6 is 11.3 Å².